The summed E-state index contributed by atoms with van der Waals surface area (Å²) in [5, 5.41) is 3.41. The minimum absolute atomic E-state index is 1.09. The molecule has 0 aromatic carbocycles. The monoisotopic (exact) mass is 223 g/mol. The first-order valence-corrected chi connectivity index (χ1v) is 6.50. The first-order valence-electron chi connectivity index (χ1n) is 5.68. The number of hydrogen-bond acceptors (Lipinski definition) is 2. The molecule has 1 aromatic heterocycles. The second-order valence-electron chi connectivity index (χ2n) is 3.84. The molecule has 1 rings (SSSR count). The van der Waals surface area contributed by atoms with E-state index in [4.69, 9.17) is 0 Å². The summed E-state index contributed by atoms with van der Waals surface area (Å²) in [6, 6.07) is 4.40. The summed E-state index contributed by atoms with van der Waals surface area (Å²) in [4.78, 5) is 2.80. The van der Waals surface area contributed by atoms with Crippen molar-refractivity contribution in [2.45, 2.75) is 33.6 Å². The van der Waals surface area contributed by atoms with Crippen molar-refractivity contribution in [3.05, 3.63) is 28.0 Å². The van der Waals surface area contributed by atoms with Crippen LogP contribution >= 0.6 is 11.3 Å². The van der Waals surface area contributed by atoms with E-state index >= 15 is 0 Å². The topological polar surface area (TPSA) is 12.0 Å². The predicted molar refractivity (Wildman–Crippen MR) is 70.5 cm³/mol. The summed E-state index contributed by atoms with van der Waals surface area (Å²) >= 11 is 1.88. The molecule has 0 saturated heterocycles. The molecule has 1 N–H and O–H groups in total. The van der Waals surface area contributed by atoms with Crippen LogP contribution in [0.1, 0.15) is 36.4 Å². The molecule has 0 amide bonds. The minimum atomic E-state index is 1.09. The highest BCUT2D eigenvalue weighted by atomic mass is 32.1. The van der Waals surface area contributed by atoms with E-state index in [2.05, 4.69) is 44.3 Å². The van der Waals surface area contributed by atoms with Crippen molar-refractivity contribution in [2.24, 2.45) is 0 Å². The molecule has 0 saturated carbocycles. The van der Waals surface area contributed by atoms with Gasteiger partial charge in [-0.25, -0.2) is 0 Å². The largest absolute Gasteiger partial charge is 0.316 e. The van der Waals surface area contributed by atoms with Crippen LogP contribution in [-0.2, 0) is 0 Å². The molecule has 84 valence electrons. The molecule has 0 spiro atoms. The van der Waals surface area contributed by atoms with Crippen molar-refractivity contribution in [1.29, 1.82) is 0 Å². The Kier molecular flexibility index (Phi) is 5.66. The Labute approximate surface area is 97.2 Å². The van der Waals surface area contributed by atoms with Crippen molar-refractivity contribution in [3.63, 3.8) is 0 Å². The predicted octanol–water partition coefficient (Wildman–Crippen LogP) is 3.85. The molecule has 0 fully saturated rings. The van der Waals surface area contributed by atoms with Crippen LogP contribution in [0.3, 0.4) is 0 Å². The maximum atomic E-state index is 3.41. The van der Waals surface area contributed by atoms with Crippen LogP contribution < -0.4 is 5.32 Å². The van der Waals surface area contributed by atoms with Crippen molar-refractivity contribution in [2.75, 3.05) is 13.1 Å². The Bertz CT molecular complexity index is 312. The second-order valence-corrected chi connectivity index (χ2v) is 5.12. The third kappa shape index (κ3) is 4.63. The third-order valence-corrected chi connectivity index (χ3v) is 3.46. The first kappa shape index (κ1) is 12.5. The van der Waals surface area contributed by atoms with Gasteiger partial charge in [0.25, 0.3) is 0 Å². The van der Waals surface area contributed by atoms with Crippen LogP contribution in [0.25, 0.3) is 5.57 Å². The molecule has 2 heteroatoms. The van der Waals surface area contributed by atoms with Crippen molar-refractivity contribution >= 4 is 16.9 Å². The normalized spacial score (nSPS) is 12.1. The summed E-state index contributed by atoms with van der Waals surface area (Å²) in [5.41, 5.74) is 1.41. The zero-order valence-corrected chi connectivity index (χ0v) is 10.8. The lowest BCUT2D eigenvalue weighted by Crippen LogP contribution is -2.15. The van der Waals surface area contributed by atoms with E-state index in [9.17, 15) is 0 Å². The molecule has 0 unspecified atom stereocenters. The van der Waals surface area contributed by atoms with E-state index in [-0.39, 0.29) is 0 Å². The van der Waals surface area contributed by atoms with Gasteiger partial charge in [-0.15, -0.1) is 11.3 Å². The zero-order valence-electron chi connectivity index (χ0n) is 9.97. The van der Waals surface area contributed by atoms with E-state index in [0.717, 1.165) is 19.5 Å². The quantitative estimate of drug-likeness (QED) is 0.722. The molecular weight excluding hydrogens is 202 g/mol. The van der Waals surface area contributed by atoms with Crippen molar-refractivity contribution in [3.8, 4) is 0 Å². The molecular formula is C13H21NS. The number of aryl methyl sites for hydroxylation is 1. The standard InChI is InChI=1S/C13H21NS/c1-4-9-14-10-5-6-11(2)13-8-7-12(3)15-13/h6-8,14H,4-5,9-10H2,1-3H3. The van der Waals surface area contributed by atoms with Crippen LogP contribution in [-0.4, -0.2) is 13.1 Å². The highest BCUT2D eigenvalue weighted by Crippen LogP contribution is 2.23. The average Bonchev–Trinajstić information content (AvgIpc) is 2.64. The molecule has 0 bridgehead atoms. The van der Waals surface area contributed by atoms with Crippen LogP contribution in [0.5, 0.6) is 0 Å². The van der Waals surface area contributed by atoms with E-state index in [1.807, 2.05) is 11.3 Å². The molecule has 15 heavy (non-hydrogen) atoms. The maximum absolute atomic E-state index is 3.41. The van der Waals surface area contributed by atoms with Gasteiger partial charge >= 0.3 is 0 Å². The van der Waals surface area contributed by atoms with E-state index in [1.54, 1.807) is 0 Å². The fourth-order valence-corrected chi connectivity index (χ4v) is 2.30. The van der Waals surface area contributed by atoms with Crippen LogP contribution in [0.15, 0.2) is 18.2 Å². The minimum Gasteiger partial charge on any atom is -0.316 e. The van der Waals surface area contributed by atoms with Crippen LogP contribution in [0.4, 0.5) is 0 Å². The fraction of sp³-hybridized carbons (Fsp3) is 0.538. The lowest BCUT2D eigenvalue weighted by atomic mass is 10.2. The number of nitrogens with one attached hydrogen (secondary N) is 1. The van der Waals surface area contributed by atoms with E-state index < -0.39 is 0 Å². The summed E-state index contributed by atoms with van der Waals surface area (Å²) in [7, 11) is 0. The van der Waals surface area contributed by atoms with Gasteiger partial charge < -0.3 is 5.32 Å². The van der Waals surface area contributed by atoms with Crippen LogP contribution in [0, 0.1) is 6.92 Å². The fourth-order valence-electron chi connectivity index (χ4n) is 1.44. The number of thiophene rings is 1. The molecule has 1 nitrogen and oxygen atoms in total. The summed E-state index contributed by atoms with van der Waals surface area (Å²) in [6.07, 6.45) is 4.67. The van der Waals surface area contributed by atoms with E-state index in [0.29, 0.717) is 0 Å². The lowest BCUT2D eigenvalue weighted by molar-refractivity contribution is 0.678. The Hall–Kier alpha value is -0.600. The Morgan fingerprint density at radius 3 is 2.80 bits per heavy atom. The van der Waals surface area contributed by atoms with Gasteiger partial charge in [0.2, 0.25) is 0 Å². The number of rotatable bonds is 6. The number of hydrogen-bond donors (Lipinski definition) is 1. The zero-order chi connectivity index (χ0) is 11.1. The average molecular weight is 223 g/mol. The smallest absolute Gasteiger partial charge is 0.0299 e. The van der Waals surface area contributed by atoms with Gasteiger partial charge in [-0.3, -0.25) is 0 Å². The Balaban J connectivity index is 2.33. The second kappa shape index (κ2) is 6.81. The molecule has 0 aliphatic carbocycles. The maximum Gasteiger partial charge on any atom is 0.0299 e. The van der Waals surface area contributed by atoms with Gasteiger partial charge in [0.1, 0.15) is 0 Å². The van der Waals surface area contributed by atoms with Gasteiger partial charge in [-0.2, -0.15) is 0 Å². The molecule has 0 aliphatic rings. The Morgan fingerprint density at radius 1 is 1.40 bits per heavy atom. The highest BCUT2D eigenvalue weighted by molar-refractivity contribution is 7.13. The summed E-state index contributed by atoms with van der Waals surface area (Å²) in [5.74, 6) is 0. The summed E-state index contributed by atoms with van der Waals surface area (Å²) < 4.78 is 0. The molecule has 1 aromatic rings. The Morgan fingerprint density at radius 2 is 2.20 bits per heavy atom. The van der Waals surface area contributed by atoms with Crippen molar-refractivity contribution in [1.82, 2.24) is 5.32 Å². The van der Waals surface area contributed by atoms with Gasteiger partial charge in [0.05, 0.1) is 0 Å². The molecule has 0 radical (unpaired) electrons. The van der Waals surface area contributed by atoms with Gasteiger partial charge in [-0.1, -0.05) is 13.0 Å². The highest BCUT2D eigenvalue weighted by Gasteiger charge is 1.97. The van der Waals surface area contributed by atoms with Gasteiger partial charge in [0, 0.05) is 9.75 Å². The van der Waals surface area contributed by atoms with Crippen LogP contribution in [0.2, 0.25) is 0 Å². The SMILES string of the molecule is CCCNCCC=C(C)c1ccc(C)s1. The van der Waals surface area contributed by atoms with E-state index in [1.165, 1.54) is 21.7 Å². The lowest BCUT2D eigenvalue weighted by Gasteiger charge is -2.00. The molecule has 1 heterocycles. The van der Waals surface area contributed by atoms with Gasteiger partial charge in [-0.05, 0) is 57.5 Å². The third-order valence-electron chi connectivity index (χ3n) is 2.33. The number of allylic oxidation sites excluding steroid dienone is 1. The van der Waals surface area contributed by atoms with Crippen molar-refractivity contribution < 1.29 is 0 Å². The summed E-state index contributed by atoms with van der Waals surface area (Å²) in [6.45, 7) is 8.78. The first-order chi connectivity index (χ1) is 7.24. The molecule has 0 aliphatic heterocycles. The van der Waals surface area contributed by atoms with Gasteiger partial charge in [0.15, 0.2) is 0 Å². The molecule has 0 atom stereocenters.